The second-order valence-corrected chi connectivity index (χ2v) is 25.9. The van der Waals surface area contributed by atoms with Crippen LogP contribution in [0.25, 0.3) is 27.5 Å². The Hall–Kier alpha value is -11.5. The van der Waals surface area contributed by atoms with Crippen molar-refractivity contribution in [2.75, 3.05) is 13.7 Å². The summed E-state index contributed by atoms with van der Waals surface area (Å²) in [6, 6.07) is 10.6. The summed E-state index contributed by atoms with van der Waals surface area (Å²) in [7, 11) is 1.47. The Balaban J connectivity index is 1.01. The van der Waals surface area contributed by atoms with Crippen LogP contribution in [0.4, 0.5) is 8.78 Å². The zero-order valence-corrected chi connectivity index (χ0v) is 55.9. The third-order valence-corrected chi connectivity index (χ3v) is 18.5. The number of rotatable bonds is 13. The summed E-state index contributed by atoms with van der Waals surface area (Å²) >= 11 is 0. The normalized spacial score (nSPS) is 23.5. The predicted octanol–water partition coefficient (Wildman–Crippen LogP) is 3.22. The molecule has 4 bridgehead atoms. The van der Waals surface area contributed by atoms with Crippen molar-refractivity contribution in [3.8, 4) is 11.4 Å². The molecule has 4 aliphatic heterocycles. The number of methoxy groups -OCH3 is 1. The second kappa shape index (κ2) is 32.0. The number of ketones is 1. The van der Waals surface area contributed by atoms with Crippen LogP contribution in [0.2, 0.25) is 0 Å². The number of carboxylic acids is 1. The minimum atomic E-state index is -1.91. The lowest BCUT2D eigenvalue weighted by molar-refractivity contribution is -0.147. The number of aromatic amines is 2. The first-order valence-corrected chi connectivity index (χ1v) is 33.1. The van der Waals surface area contributed by atoms with E-state index in [9.17, 15) is 42.7 Å². The number of aliphatic imine (C=N–C) groups is 1. The van der Waals surface area contributed by atoms with Crippen molar-refractivity contribution in [3.63, 3.8) is 0 Å². The van der Waals surface area contributed by atoms with Gasteiger partial charge in [-0.1, -0.05) is 29.5 Å². The molecule has 1 saturated heterocycles. The van der Waals surface area contributed by atoms with Crippen molar-refractivity contribution in [1.29, 1.82) is 0 Å². The molecule has 101 heavy (non-hydrogen) atoms. The van der Waals surface area contributed by atoms with Crippen LogP contribution in [-0.4, -0.2) is 168 Å². The van der Waals surface area contributed by atoms with Gasteiger partial charge in [0.25, 0.3) is 0 Å². The maximum Gasteiger partial charge on any atom is 0.305 e. The van der Waals surface area contributed by atoms with Crippen LogP contribution < -0.4 is 47.7 Å². The highest BCUT2D eigenvalue weighted by Crippen LogP contribution is 2.32. The first kappa shape index (κ1) is 72.3. The summed E-state index contributed by atoms with van der Waals surface area (Å²) in [5.41, 5.74) is 8.58. The van der Waals surface area contributed by atoms with Gasteiger partial charge in [0.05, 0.1) is 37.2 Å². The van der Waals surface area contributed by atoms with Crippen LogP contribution >= 0.6 is 0 Å². The molecule has 4 aliphatic rings. The maximum atomic E-state index is 15.3. The number of aromatic nitrogens is 5. The number of hydrogen-bond donors (Lipinski definition) is 11. The number of carbonyl (C=O) groups excluding carboxylic acids is 10. The summed E-state index contributed by atoms with van der Waals surface area (Å²) in [4.78, 5) is 169. The number of Topliss-reactive ketones (excluding diaryl/α,β-unsaturated/α-hetero) is 1. The summed E-state index contributed by atoms with van der Waals surface area (Å²) in [5.74, 6) is -12.3. The van der Waals surface area contributed by atoms with Crippen LogP contribution in [0.1, 0.15) is 100 Å². The smallest absolute Gasteiger partial charge is 0.305 e. The van der Waals surface area contributed by atoms with Gasteiger partial charge in [-0.3, -0.25) is 57.7 Å². The lowest BCUT2D eigenvalue weighted by Crippen LogP contribution is -2.62. The van der Waals surface area contributed by atoms with Gasteiger partial charge in [-0.2, -0.15) is 0 Å². The number of amides is 9. The van der Waals surface area contributed by atoms with Gasteiger partial charge in [-0.15, -0.1) is 5.10 Å². The number of nitrogens with zero attached hydrogens (tertiary/aromatic N) is 5. The minimum absolute atomic E-state index is 0.0420. The number of carbonyl (C=O) groups is 11. The van der Waals surface area contributed by atoms with Crippen molar-refractivity contribution in [1.82, 2.24) is 67.1 Å². The first-order valence-electron chi connectivity index (χ1n) is 33.1. The fourth-order valence-electron chi connectivity index (χ4n) is 12.9. The summed E-state index contributed by atoms with van der Waals surface area (Å²) < 4.78 is 36.8. The summed E-state index contributed by atoms with van der Waals surface area (Å²) in [5, 5.41) is 38.2. The Morgan fingerprint density at radius 3 is 1.94 bits per heavy atom. The number of benzene rings is 4. The topological polar surface area (TPSA) is 405 Å². The number of ether oxygens (including phenoxy) is 1. The van der Waals surface area contributed by atoms with E-state index in [4.69, 9.17) is 10.5 Å². The minimum Gasteiger partial charge on any atom is -0.497 e. The molecule has 9 atom stereocenters. The van der Waals surface area contributed by atoms with Crippen LogP contribution in [0, 0.1) is 17.6 Å². The molecule has 0 spiro atoms. The van der Waals surface area contributed by atoms with Gasteiger partial charge in [0, 0.05) is 105 Å². The fourth-order valence-corrected chi connectivity index (χ4v) is 12.9. The van der Waals surface area contributed by atoms with Crippen LogP contribution in [0.15, 0.2) is 120 Å². The highest BCUT2D eigenvalue weighted by atomic mass is 19.1. The molecule has 3 aromatic heterocycles. The molecule has 0 saturated carbocycles. The molecule has 530 valence electrons. The fraction of sp³-hybridized carbons (Fsp3) is 0.380. The number of hydrogen-bond acceptors (Lipinski definition) is 15. The molecule has 11 rings (SSSR count). The standard InChI is InChI=1S/C71H79F2N15O13/c1-38-64(94)81-58(28-44-35-76-53-19-13-46(72)31-51(44)53)68(98)82-59(29-45-36-77-54-20-14-47(73)32-52(45)54)67(97)80-56(33-62(91)92)61(90)30-43(25-42-21-23-75-34-42)65(95)83-60(27-41-11-17-50(101-4)18-12-41)69(99)87-24-6-22-71(87,3)70(100)84-57(63(74)93)26-40-9-15-49(16-10-40)88-37-48(85-86-88)7-5-8-55(66(96)78-38)79-39(2)89/h9-20,23,31-32,34-38,43,55-60,76-77H,5-8,21-22,24-30,33H2,1-4H3,(H2,74,93)(H,78,96)(H,79,89)(H,80,97)(H,81,94)(H,82,98)(H,83,95)(H,84,100)(H,91,92)/t38-,43+,55+,56-,57-,58-,59-,60-,71-/m0/s1. The maximum absolute atomic E-state index is 15.3. The molecule has 30 heteroatoms. The van der Waals surface area contributed by atoms with Gasteiger partial charge in [0.1, 0.15) is 59.2 Å². The molecule has 0 radical (unpaired) electrons. The zero-order valence-electron chi connectivity index (χ0n) is 55.9. The number of H-pyrrole nitrogens is 2. The summed E-state index contributed by atoms with van der Waals surface area (Å²) in [6.07, 6.45) is 6.00. The Bertz CT molecular complexity index is 4380. The molecule has 0 unspecified atom stereocenters. The molecule has 9 amide bonds. The third-order valence-electron chi connectivity index (χ3n) is 18.5. The lowest BCUT2D eigenvalue weighted by Gasteiger charge is -2.37. The predicted molar refractivity (Wildman–Crippen MR) is 363 cm³/mol. The van der Waals surface area contributed by atoms with E-state index in [2.05, 4.69) is 62.5 Å². The molecule has 0 aliphatic carbocycles. The van der Waals surface area contributed by atoms with Crippen LogP contribution in [-0.2, 0) is 84.8 Å². The SMILES string of the molecule is COc1ccc(C[C@@H]2NC(=O)[C@H](CC3=CN=CC3)CC(=O)[C@H](CC(=O)O)NC(=O)[C@H](Cc3c[nH]c4ccc(F)cc34)NC(=O)[C@H](Cc3c[nH]c4ccc(F)cc34)NC(=O)[C@H](C)NC(=O)[C@H](NC(C)=O)CCCc3cn(nn3)-c3ccc(cc3)C[C@@H](C(N)=O)NC(=O)[C@]3(C)CCCN3C2=O)cc1. The van der Waals surface area contributed by atoms with Crippen LogP contribution in [0.3, 0.4) is 0 Å². The summed E-state index contributed by atoms with van der Waals surface area (Å²) in [6.45, 7) is 4.12. The Morgan fingerprint density at radius 2 is 1.35 bits per heavy atom. The number of primary amides is 1. The number of nitrogens with one attached hydrogen (secondary N) is 9. The number of fused-ring (bicyclic) bond motifs is 29. The molecule has 7 heterocycles. The van der Waals surface area contributed by atoms with E-state index in [0.717, 1.165) is 0 Å². The second-order valence-electron chi connectivity index (χ2n) is 25.9. The average Bonchev–Trinajstić information content (AvgIpc) is 1.71. The number of halogens is 2. The van der Waals surface area contributed by atoms with Gasteiger partial charge < -0.3 is 67.7 Å². The first-order chi connectivity index (χ1) is 48.3. The van der Waals surface area contributed by atoms with Gasteiger partial charge >= 0.3 is 5.97 Å². The van der Waals surface area contributed by atoms with Crippen LogP contribution in [0.5, 0.6) is 5.75 Å². The quantitative estimate of drug-likeness (QED) is 0.0739. The molecule has 12 N–H and O–H groups in total. The van der Waals surface area contributed by atoms with E-state index in [1.165, 1.54) is 85.5 Å². The van der Waals surface area contributed by atoms with E-state index in [1.807, 2.05) is 0 Å². The van der Waals surface area contributed by atoms with E-state index in [-0.39, 0.29) is 75.3 Å². The Kier molecular flexibility index (Phi) is 22.9. The van der Waals surface area contributed by atoms with Crippen molar-refractivity contribution in [2.45, 2.75) is 152 Å². The zero-order chi connectivity index (χ0) is 72.2. The van der Waals surface area contributed by atoms with Gasteiger partial charge in [-0.05, 0) is 141 Å². The highest BCUT2D eigenvalue weighted by Gasteiger charge is 2.49. The highest BCUT2D eigenvalue weighted by molar-refractivity contribution is 6.01. The van der Waals surface area contributed by atoms with Crippen molar-refractivity contribution in [3.05, 3.63) is 155 Å². The van der Waals surface area contributed by atoms with E-state index in [1.54, 1.807) is 67.9 Å². The molecule has 4 aromatic carbocycles. The van der Waals surface area contributed by atoms with E-state index >= 15 is 24.0 Å². The number of aliphatic carboxylic acids is 1. The lowest BCUT2D eigenvalue weighted by atomic mass is 9.89. The molecular weight excluding hydrogens is 1310 g/mol. The van der Waals surface area contributed by atoms with Crippen molar-refractivity contribution in [2.24, 2.45) is 16.6 Å². The molecular formula is C71H79F2N15O13. The Morgan fingerprint density at radius 1 is 0.723 bits per heavy atom. The van der Waals surface area contributed by atoms with Crippen molar-refractivity contribution >= 4 is 92.9 Å². The average molecular weight is 1390 g/mol. The molecule has 28 nitrogen and oxygen atoms in total. The Labute approximate surface area is 577 Å². The van der Waals surface area contributed by atoms with Crippen molar-refractivity contribution < 1.29 is 71.4 Å². The number of carboxylic acid groups (broad SMARTS) is 1. The largest absolute Gasteiger partial charge is 0.497 e. The number of aryl methyl sites for hydroxylation is 1. The third kappa shape index (κ3) is 18.1. The van der Waals surface area contributed by atoms with E-state index in [0.29, 0.717) is 62.2 Å². The number of nitrogens with two attached hydrogens (primary N) is 1. The monoisotopic (exact) mass is 1390 g/mol. The van der Waals surface area contributed by atoms with Gasteiger partial charge in [-0.25, -0.2) is 13.5 Å². The molecule has 1 fully saturated rings. The number of allylic oxidation sites excluding steroid dienone is 1. The van der Waals surface area contributed by atoms with Gasteiger partial charge in [0.2, 0.25) is 53.2 Å². The molecule has 7 aromatic rings. The van der Waals surface area contributed by atoms with E-state index < -0.39 is 150 Å². The van der Waals surface area contributed by atoms with Gasteiger partial charge in [0.15, 0.2) is 5.78 Å².